The van der Waals surface area contributed by atoms with Crippen LogP contribution in [0.2, 0.25) is 0 Å². The Labute approximate surface area is 703 Å². The highest BCUT2D eigenvalue weighted by atomic mass is 16.5. The highest BCUT2D eigenvalue weighted by Crippen LogP contribution is 2.50. The van der Waals surface area contributed by atoms with Crippen molar-refractivity contribution < 1.29 is 56.8 Å². The van der Waals surface area contributed by atoms with E-state index in [0.29, 0.717) is 79.3 Å². The fraction of sp³-hybridized carbons (Fsp3) is 0.654. The van der Waals surface area contributed by atoms with Gasteiger partial charge in [0, 0.05) is 0 Å². The predicted molar refractivity (Wildman–Crippen MR) is 493 cm³/mol. The maximum absolute atomic E-state index is 7.01. The van der Waals surface area contributed by atoms with E-state index in [1.807, 2.05) is 0 Å². The molecule has 8 aromatic rings. The van der Waals surface area contributed by atoms with E-state index in [0.717, 1.165) is 301 Å². The third-order valence-electron chi connectivity index (χ3n) is 22.9. The Bertz CT molecular complexity index is 3650. The van der Waals surface area contributed by atoms with Gasteiger partial charge in [-0.1, -0.05) is 288 Å². The van der Waals surface area contributed by atoms with Crippen LogP contribution in [-0.2, 0) is 0 Å². The molecule has 116 heavy (non-hydrogen) atoms. The van der Waals surface area contributed by atoms with Crippen molar-refractivity contribution in [1.29, 1.82) is 0 Å². The van der Waals surface area contributed by atoms with Crippen molar-refractivity contribution in [1.82, 2.24) is 0 Å². The van der Waals surface area contributed by atoms with Crippen LogP contribution in [0.15, 0.2) is 72.8 Å². The first-order valence-electron chi connectivity index (χ1n) is 47.9. The molecule has 0 radical (unpaired) electrons. The smallest absolute Gasteiger partial charge is 0.161 e. The first kappa shape index (κ1) is 94.4. The lowest BCUT2D eigenvalue weighted by Crippen LogP contribution is -2.05. The van der Waals surface area contributed by atoms with E-state index in [1.165, 1.54) is 128 Å². The normalized spacial score (nSPS) is 11.6. The highest BCUT2D eigenvalue weighted by Gasteiger charge is 2.24. The maximum atomic E-state index is 7.01. The highest BCUT2D eigenvalue weighted by molar-refractivity contribution is 6.28. The Morgan fingerprint density at radius 2 is 0.190 bits per heavy atom. The lowest BCUT2D eigenvalue weighted by molar-refractivity contribution is 0.256. The first-order valence-corrected chi connectivity index (χ1v) is 47.9. The molecule has 12 heteroatoms. The van der Waals surface area contributed by atoms with Gasteiger partial charge in [0.2, 0.25) is 0 Å². The fourth-order valence-electron chi connectivity index (χ4n) is 15.8. The number of rotatable bonds is 71. The van der Waals surface area contributed by atoms with Crippen molar-refractivity contribution in [3.8, 4) is 69.0 Å². The van der Waals surface area contributed by atoms with Gasteiger partial charge in [-0.2, -0.15) is 0 Å². The van der Waals surface area contributed by atoms with Crippen molar-refractivity contribution in [2.45, 2.75) is 365 Å². The van der Waals surface area contributed by atoms with Crippen molar-refractivity contribution >= 4 is 64.6 Å². The zero-order valence-electron chi connectivity index (χ0n) is 74.8. The van der Waals surface area contributed by atoms with E-state index >= 15 is 0 Å². The van der Waals surface area contributed by atoms with E-state index in [2.05, 4.69) is 142 Å². The lowest BCUT2D eigenvalue weighted by Gasteiger charge is -2.21. The van der Waals surface area contributed by atoms with Crippen LogP contribution in [0.3, 0.4) is 0 Å². The Morgan fingerprint density at radius 1 is 0.112 bits per heavy atom. The summed E-state index contributed by atoms with van der Waals surface area (Å²) in [5.74, 6) is 9.47. The molecule has 0 aliphatic heterocycles. The summed E-state index contributed by atoms with van der Waals surface area (Å²) < 4.78 is 82.2. The molecule has 0 aliphatic rings. The van der Waals surface area contributed by atoms with Crippen LogP contribution in [0.25, 0.3) is 64.6 Å². The van der Waals surface area contributed by atoms with Crippen molar-refractivity contribution in [3.63, 3.8) is 0 Å². The largest absolute Gasteiger partial charge is 0.490 e. The number of fused-ring (bicyclic) bond motifs is 12. The molecule has 0 saturated heterocycles. The Morgan fingerprint density at radius 3 is 0.276 bits per heavy atom. The second kappa shape index (κ2) is 57.2. The number of unbranched alkanes of at least 4 members (excludes halogenated alkanes) is 35. The van der Waals surface area contributed by atoms with Gasteiger partial charge in [0.15, 0.2) is 69.0 Å². The monoisotopic (exact) mass is 1600 g/mol. The second-order valence-corrected chi connectivity index (χ2v) is 33.0. The van der Waals surface area contributed by atoms with E-state index in [-0.39, 0.29) is 0 Å². The zero-order chi connectivity index (χ0) is 81.8. The van der Waals surface area contributed by atoms with Crippen LogP contribution in [0.5, 0.6) is 69.0 Å². The average Bonchev–Trinajstić information content (AvgIpc) is 0.732. The summed E-state index contributed by atoms with van der Waals surface area (Å²) in [6.45, 7) is 30.1. The minimum Gasteiger partial charge on any atom is -0.490 e. The van der Waals surface area contributed by atoms with Crippen LogP contribution in [0.1, 0.15) is 365 Å². The number of hydrogen-bond donors (Lipinski definition) is 0. The van der Waals surface area contributed by atoms with Crippen LogP contribution in [0.4, 0.5) is 0 Å². The first-order chi connectivity index (χ1) is 57.3. The lowest BCUT2D eigenvalue weighted by atomic mass is 9.93. The number of benzene rings is 8. The summed E-state index contributed by atoms with van der Waals surface area (Å²) in [6, 6.07) is 27.0. The molecule has 12 nitrogen and oxygen atoms in total. The maximum Gasteiger partial charge on any atom is 0.161 e. The summed E-state index contributed by atoms with van der Waals surface area (Å²) in [5.41, 5.74) is 0. The molecule has 0 N–H and O–H groups in total. The summed E-state index contributed by atoms with van der Waals surface area (Å²) in [4.78, 5) is 0. The Balaban J connectivity index is 1.09. The van der Waals surface area contributed by atoms with Gasteiger partial charge in [-0.15, -0.1) is 0 Å². The molecular weight excluding hydrogens is 1440 g/mol. The topological polar surface area (TPSA) is 111 Å². The quantitative estimate of drug-likeness (QED) is 0.0267. The van der Waals surface area contributed by atoms with Gasteiger partial charge in [0.1, 0.15) is 0 Å². The third kappa shape index (κ3) is 31.3. The molecule has 0 atom stereocenters. The van der Waals surface area contributed by atoms with Gasteiger partial charge < -0.3 is 56.8 Å². The molecule has 0 unspecified atom stereocenters. The summed E-state index contributed by atoms with van der Waals surface area (Å²) in [6.07, 6.45) is 51.1. The molecule has 0 spiro atoms. The van der Waals surface area contributed by atoms with Crippen LogP contribution >= 0.6 is 0 Å². The third-order valence-corrected chi connectivity index (χ3v) is 22.9. The standard InChI is InChI=1S/C104H158O12/c1-11-21-31-45-57-105-93-69-81-83-71-95(107-59-47-33-23-13-3)99(111-63-51-37-27-17-7)75-87(83)91-79-103(101(113-65-53-39-29-19-9)77-89(91)85(81)73-97(93)109-61-49-35-25-15-5)115-67-55-43-41-42-44-56-68-116-104-80-92-88-76-100(112-64-52-38-28-18-8)96(108-60-48-34-24-14-4)72-84(88)82-70-94(106-58-46-32-22-12-2)98(110-62-50-36-26-16-6)74-86(82)90(92)78-102(104)114-66-54-40-30-20-10/h69-80H,11-68H2,1-10H3. The molecule has 8 aromatic carbocycles. The van der Waals surface area contributed by atoms with E-state index in [9.17, 15) is 0 Å². The number of ether oxygens (including phenoxy) is 12. The van der Waals surface area contributed by atoms with Crippen molar-refractivity contribution in [2.24, 2.45) is 0 Å². The summed E-state index contributed by atoms with van der Waals surface area (Å²) in [7, 11) is 0. The van der Waals surface area contributed by atoms with Gasteiger partial charge in [-0.05, 0) is 214 Å². The average molecular weight is 1600 g/mol. The molecule has 646 valence electrons. The molecule has 0 saturated carbocycles. The minimum absolute atomic E-state index is 0.581. The molecule has 8 rings (SSSR count). The Kier molecular flexibility index (Phi) is 46.5. The molecule has 0 fully saturated rings. The van der Waals surface area contributed by atoms with Gasteiger partial charge in [-0.25, -0.2) is 0 Å². The van der Waals surface area contributed by atoms with E-state index in [1.54, 1.807) is 0 Å². The fourth-order valence-corrected chi connectivity index (χ4v) is 15.8. The summed E-state index contributed by atoms with van der Waals surface area (Å²) in [5, 5.41) is 13.1. The van der Waals surface area contributed by atoms with Crippen molar-refractivity contribution in [2.75, 3.05) is 79.3 Å². The SMILES string of the molecule is CCCCCCOc1cc2c3cc(OCCCCCC)c(OCCCCCC)cc3c3cc(OCCCCCCCCOc4cc5c6cc(OCCCCCC)c(OCCCCCC)cc6c6cc(OCCCCCC)c(OCCCCCC)cc6c5cc4OCCCCCC)c(OCCCCCC)cc3c2cc1OCCCCCC. The number of hydrogen-bond acceptors (Lipinski definition) is 12. The van der Waals surface area contributed by atoms with E-state index in [4.69, 9.17) is 56.8 Å². The van der Waals surface area contributed by atoms with Gasteiger partial charge >= 0.3 is 0 Å². The second-order valence-electron chi connectivity index (χ2n) is 33.0. The zero-order valence-corrected chi connectivity index (χ0v) is 74.8. The van der Waals surface area contributed by atoms with Gasteiger partial charge in [0.25, 0.3) is 0 Å². The van der Waals surface area contributed by atoms with Gasteiger partial charge in [0.05, 0.1) is 79.3 Å². The summed E-state index contributed by atoms with van der Waals surface area (Å²) >= 11 is 0. The minimum atomic E-state index is 0.581. The van der Waals surface area contributed by atoms with Crippen molar-refractivity contribution in [3.05, 3.63) is 72.8 Å². The molecule has 0 bridgehead atoms. The van der Waals surface area contributed by atoms with Gasteiger partial charge in [-0.3, -0.25) is 0 Å². The van der Waals surface area contributed by atoms with Crippen LogP contribution in [0, 0.1) is 0 Å². The predicted octanol–water partition coefficient (Wildman–Crippen LogP) is 32.0. The molecule has 0 aliphatic carbocycles. The molecular formula is C104H158O12. The Hall–Kier alpha value is -7.08. The molecule has 0 aromatic heterocycles. The molecule has 0 heterocycles. The van der Waals surface area contributed by atoms with Crippen LogP contribution in [-0.4, -0.2) is 79.3 Å². The van der Waals surface area contributed by atoms with E-state index < -0.39 is 0 Å². The molecule has 0 amide bonds. The van der Waals surface area contributed by atoms with Crippen LogP contribution < -0.4 is 56.8 Å².